The van der Waals surface area contributed by atoms with Gasteiger partial charge in [-0.15, -0.1) is 12.4 Å². The number of hydrogen-bond acceptors (Lipinski definition) is 4. The molecule has 5 nitrogen and oxygen atoms in total. The van der Waals surface area contributed by atoms with Gasteiger partial charge in [0.1, 0.15) is 5.75 Å². The van der Waals surface area contributed by atoms with Gasteiger partial charge in [0.25, 0.3) is 0 Å². The van der Waals surface area contributed by atoms with Gasteiger partial charge in [0.2, 0.25) is 11.8 Å². The third-order valence-corrected chi connectivity index (χ3v) is 5.56. The smallest absolute Gasteiger partial charge is 0.238 e. The lowest BCUT2D eigenvalue weighted by Gasteiger charge is -2.44. The maximum Gasteiger partial charge on any atom is 0.238 e. The van der Waals surface area contributed by atoms with Crippen molar-refractivity contribution in [1.29, 1.82) is 0 Å². The molecule has 118 valence electrons. The highest BCUT2D eigenvalue weighted by molar-refractivity contribution is 6.11. The second kappa shape index (κ2) is 4.96. The first-order chi connectivity index (χ1) is 10.1. The summed E-state index contributed by atoms with van der Waals surface area (Å²) in [6.45, 7) is 1.67. The van der Waals surface area contributed by atoms with E-state index >= 15 is 0 Å². The van der Waals surface area contributed by atoms with Crippen LogP contribution in [0.3, 0.4) is 0 Å². The fourth-order valence-electron chi connectivity index (χ4n) is 4.17. The Balaban J connectivity index is 0.00000144. The van der Waals surface area contributed by atoms with E-state index in [9.17, 15) is 9.59 Å². The molecule has 0 spiro atoms. The number of likely N-dealkylation sites (tertiary alicyclic amines) is 1. The van der Waals surface area contributed by atoms with Gasteiger partial charge >= 0.3 is 0 Å². The first kappa shape index (κ1) is 15.3. The Morgan fingerprint density at radius 1 is 1.09 bits per heavy atom. The van der Waals surface area contributed by atoms with Gasteiger partial charge in [-0.1, -0.05) is 12.1 Å². The van der Waals surface area contributed by atoms with Crippen LogP contribution in [0.4, 0.5) is 0 Å². The molecule has 1 aromatic rings. The highest BCUT2D eigenvalue weighted by Crippen LogP contribution is 2.64. The second-order valence-electron chi connectivity index (χ2n) is 6.31. The van der Waals surface area contributed by atoms with E-state index in [0.29, 0.717) is 19.6 Å². The maximum absolute atomic E-state index is 12.7. The second-order valence-corrected chi connectivity index (χ2v) is 6.31. The molecule has 0 bridgehead atoms. The Morgan fingerprint density at radius 3 is 2.09 bits per heavy atom. The minimum Gasteiger partial charge on any atom is -0.497 e. The number of carbonyl (C=O) groups excluding carboxylic acids is 2. The van der Waals surface area contributed by atoms with Gasteiger partial charge in [-0.2, -0.15) is 0 Å². The third kappa shape index (κ3) is 1.64. The minimum atomic E-state index is -0.448. The predicted octanol–water partition coefficient (Wildman–Crippen LogP) is 1.36. The van der Waals surface area contributed by atoms with Crippen LogP contribution in [0.25, 0.3) is 0 Å². The van der Waals surface area contributed by atoms with Crippen molar-refractivity contribution in [2.75, 3.05) is 20.2 Å². The SMILES string of the molecule is COc1ccc(CN2C(=O)C34CCC3(CNC4)C2=O)cc1.Cl. The van der Waals surface area contributed by atoms with Crippen molar-refractivity contribution in [3.63, 3.8) is 0 Å². The molecule has 3 aliphatic rings. The van der Waals surface area contributed by atoms with Crippen LogP contribution in [0.15, 0.2) is 24.3 Å². The zero-order chi connectivity index (χ0) is 14.7. The van der Waals surface area contributed by atoms with E-state index < -0.39 is 10.8 Å². The van der Waals surface area contributed by atoms with Crippen molar-refractivity contribution >= 4 is 24.2 Å². The van der Waals surface area contributed by atoms with Crippen LogP contribution in [-0.2, 0) is 16.1 Å². The van der Waals surface area contributed by atoms with Gasteiger partial charge in [-0.3, -0.25) is 14.5 Å². The lowest BCUT2D eigenvalue weighted by molar-refractivity contribution is -0.142. The summed E-state index contributed by atoms with van der Waals surface area (Å²) in [5.74, 6) is 0.801. The summed E-state index contributed by atoms with van der Waals surface area (Å²) in [6, 6.07) is 7.52. The van der Waals surface area contributed by atoms with E-state index in [1.807, 2.05) is 24.3 Å². The van der Waals surface area contributed by atoms with Crippen molar-refractivity contribution in [2.45, 2.75) is 19.4 Å². The molecule has 0 radical (unpaired) electrons. The zero-order valence-electron chi connectivity index (χ0n) is 12.4. The Kier molecular flexibility index (Phi) is 3.45. The topological polar surface area (TPSA) is 58.6 Å². The van der Waals surface area contributed by atoms with E-state index in [-0.39, 0.29) is 24.2 Å². The number of halogens is 1. The molecule has 2 aliphatic heterocycles. The molecular weight excluding hydrogens is 304 g/mol. The molecule has 2 amide bonds. The number of imide groups is 1. The lowest BCUT2D eigenvalue weighted by Crippen LogP contribution is -2.52. The number of methoxy groups -OCH3 is 1. The highest BCUT2D eigenvalue weighted by Gasteiger charge is 2.76. The number of nitrogens with one attached hydrogen (secondary N) is 1. The van der Waals surface area contributed by atoms with Crippen LogP contribution in [0.2, 0.25) is 0 Å². The molecule has 2 unspecified atom stereocenters. The summed E-state index contributed by atoms with van der Waals surface area (Å²) >= 11 is 0. The molecule has 22 heavy (non-hydrogen) atoms. The fourth-order valence-corrected chi connectivity index (χ4v) is 4.17. The molecule has 6 heteroatoms. The van der Waals surface area contributed by atoms with Crippen molar-refractivity contribution < 1.29 is 14.3 Å². The number of nitrogens with zero attached hydrogens (tertiary/aromatic N) is 1. The average Bonchev–Trinajstić information content (AvgIpc) is 2.81. The van der Waals surface area contributed by atoms with E-state index in [1.54, 1.807) is 7.11 Å². The maximum atomic E-state index is 12.7. The minimum absolute atomic E-state index is 0. The molecule has 3 fully saturated rings. The number of rotatable bonds is 3. The molecule has 1 saturated carbocycles. The normalized spacial score (nSPS) is 32.1. The van der Waals surface area contributed by atoms with Gasteiger partial charge in [-0.05, 0) is 30.5 Å². The third-order valence-electron chi connectivity index (χ3n) is 5.56. The lowest BCUT2D eigenvalue weighted by atomic mass is 9.52. The van der Waals surface area contributed by atoms with E-state index in [1.165, 1.54) is 4.90 Å². The van der Waals surface area contributed by atoms with Gasteiger partial charge in [-0.25, -0.2) is 0 Å². The summed E-state index contributed by atoms with van der Waals surface area (Å²) in [5.41, 5.74) is 0.0604. The first-order valence-electron chi connectivity index (χ1n) is 7.33. The Labute approximate surface area is 135 Å². The van der Waals surface area contributed by atoms with E-state index in [2.05, 4.69) is 5.32 Å². The van der Waals surface area contributed by atoms with E-state index in [4.69, 9.17) is 4.74 Å². The molecule has 2 saturated heterocycles. The summed E-state index contributed by atoms with van der Waals surface area (Å²) < 4.78 is 5.13. The van der Waals surface area contributed by atoms with Crippen molar-refractivity contribution in [3.8, 4) is 5.75 Å². The van der Waals surface area contributed by atoms with Crippen molar-refractivity contribution in [1.82, 2.24) is 10.2 Å². The number of benzene rings is 1. The predicted molar refractivity (Wildman–Crippen MR) is 82.8 cm³/mol. The molecule has 4 rings (SSSR count). The van der Waals surface area contributed by atoms with Crippen molar-refractivity contribution in [2.24, 2.45) is 10.8 Å². The molecule has 0 aromatic heterocycles. The highest BCUT2D eigenvalue weighted by atomic mass is 35.5. The summed E-state index contributed by atoms with van der Waals surface area (Å²) in [7, 11) is 1.62. The summed E-state index contributed by atoms with van der Waals surface area (Å²) in [4.78, 5) is 27.0. The Bertz CT molecular complexity index is 603. The van der Waals surface area contributed by atoms with Gasteiger partial charge in [0, 0.05) is 13.1 Å². The van der Waals surface area contributed by atoms with Crippen LogP contribution in [0.1, 0.15) is 18.4 Å². The van der Waals surface area contributed by atoms with Gasteiger partial charge in [0.15, 0.2) is 0 Å². The number of amides is 2. The molecule has 2 atom stereocenters. The molecular formula is C16H19ClN2O3. The Morgan fingerprint density at radius 2 is 1.64 bits per heavy atom. The summed E-state index contributed by atoms with van der Waals surface area (Å²) in [5, 5.41) is 3.24. The summed E-state index contributed by atoms with van der Waals surface area (Å²) in [6.07, 6.45) is 1.67. The largest absolute Gasteiger partial charge is 0.497 e. The van der Waals surface area contributed by atoms with Crippen LogP contribution in [0.5, 0.6) is 5.75 Å². The molecule has 1 aromatic carbocycles. The zero-order valence-corrected chi connectivity index (χ0v) is 13.2. The van der Waals surface area contributed by atoms with Crippen LogP contribution >= 0.6 is 12.4 Å². The quantitative estimate of drug-likeness (QED) is 0.854. The number of hydrogen-bond donors (Lipinski definition) is 1. The van der Waals surface area contributed by atoms with E-state index in [0.717, 1.165) is 24.2 Å². The van der Waals surface area contributed by atoms with Gasteiger partial charge in [0.05, 0.1) is 24.5 Å². The number of carbonyl (C=O) groups is 2. The average molecular weight is 323 g/mol. The molecule has 1 N–H and O–H groups in total. The van der Waals surface area contributed by atoms with Crippen LogP contribution in [-0.4, -0.2) is 36.9 Å². The number of ether oxygens (including phenoxy) is 1. The monoisotopic (exact) mass is 322 g/mol. The molecule has 1 aliphatic carbocycles. The van der Waals surface area contributed by atoms with Crippen LogP contribution in [0, 0.1) is 10.8 Å². The fraction of sp³-hybridized carbons (Fsp3) is 0.500. The standard InChI is InChI=1S/C16H18N2O3.ClH/c1-21-12-4-2-11(3-5-12)8-18-13(19)15-6-7-16(15,14(18)20)10-17-9-15;/h2-5,17H,6-10H2,1H3;1H. The Hall–Kier alpha value is -1.59. The van der Waals surface area contributed by atoms with Gasteiger partial charge < -0.3 is 10.1 Å². The molecule has 2 heterocycles. The van der Waals surface area contributed by atoms with Crippen LogP contribution < -0.4 is 10.1 Å². The first-order valence-corrected chi connectivity index (χ1v) is 7.33. The van der Waals surface area contributed by atoms with Crippen molar-refractivity contribution in [3.05, 3.63) is 29.8 Å².